The van der Waals surface area contributed by atoms with Crippen LogP contribution >= 0.6 is 0 Å². The fraction of sp³-hybridized carbons (Fsp3) is 0.333. The van der Waals surface area contributed by atoms with Crippen LogP contribution in [0.1, 0.15) is 22.3 Å². The lowest BCUT2D eigenvalue weighted by atomic mass is 9.83. The number of aliphatic hydroxyl groups excluding tert-OH is 1. The summed E-state index contributed by atoms with van der Waals surface area (Å²) in [5, 5.41) is 11.9. The van der Waals surface area contributed by atoms with Gasteiger partial charge in [0.15, 0.2) is 0 Å². The standard InChI is InChI=1S/C36H40O7/c1-38-30-20-18-29(19-21-30)25-40-32-31(37)33(41-22-26-12-6-3-7-13-26)35(42-23-27-14-8-4-9-15-27)36(34(32)39-2)43-24-28-16-10-5-11-17-28/h3-21,31-37H,22-25H2,1-2H3/t31-,32-,33+,34-,35-,36-/m0/s1. The molecule has 7 nitrogen and oxygen atoms in total. The van der Waals surface area contributed by atoms with Gasteiger partial charge < -0.3 is 33.5 Å². The SMILES string of the molecule is COc1ccc(CO[C@H]2[C@H](O)[C@@H](OCc3ccccc3)[C@H](OCc3ccccc3)[C@@H](OCc3ccccc3)[C@H]2OC)cc1. The molecule has 1 fully saturated rings. The van der Waals surface area contributed by atoms with E-state index in [1.54, 1.807) is 14.2 Å². The molecule has 6 atom stereocenters. The summed E-state index contributed by atoms with van der Waals surface area (Å²) in [4.78, 5) is 0. The van der Waals surface area contributed by atoms with Gasteiger partial charge in [-0.05, 0) is 34.4 Å². The first-order chi connectivity index (χ1) is 21.2. The Morgan fingerprint density at radius 1 is 0.442 bits per heavy atom. The molecule has 0 bridgehead atoms. The number of benzene rings is 4. The summed E-state index contributed by atoms with van der Waals surface area (Å²) in [7, 11) is 3.24. The highest BCUT2D eigenvalue weighted by atomic mass is 16.6. The average molecular weight is 585 g/mol. The van der Waals surface area contributed by atoms with E-state index in [4.69, 9.17) is 28.4 Å². The molecule has 7 heteroatoms. The van der Waals surface area contributed by atoms with Crippen molar-refractivity contribution in [2.45, 2.75) is 63.1 Å². The topological polar surface area (TPSA) is 75.6 Å². The average Bonchev–Trinajstić information content (AvgIpc) is 3.07. The maximum Gasteiger partial charge on any atom is 0.118 e. The third-order valence-corrected chi connectivity index (χ3v) is 7.70. The number of ether oxygens (including phenoxy) is 6. The van der Waals surface area contributed by atoms with Gasteiger partial charge >= 0.3 is 0 Å². The van der Waals surface area contributed by atoms with Gasteiger partial charge in [0.2, 0.25) is 0 Å². The molecule has 226 valence electrons. The van der Waals surface area contributed by atoms with E-state index in [1.165, 1.54) is 0 Å². The maximum absolute atomic E-state index is 11.9. The van der Waals surface area contributed by atoms with Gasteiger partial charge in [-0.2, -0.15) is 0 Å². The van der Waals surface area contributed by atoms with Gasteiger partial charge in [0.1, 0.15) is 42.4 Å². The zero-order valence-corrected chi connectivity index (χ0v) is 24.7. The van der Waals surface area contributed by atoms with Gasteiger partial charge in [-0.3, -0.25) is 0 Å². The summed E-state index contributed by atoms with van der Waals surface area (Å²) in [6.45, 7) is 1.21. The van der Waals surface area contributed by atoms with Crippen LogP contribution in [0, 0.1) is 0 Å². The van der Waals surface area contributed by atoms with Gasteiger partial charge in [0.25, 0.3) is 0 Å². The van der Waals surface area contributed by atoms with Crippen molar-refractivity contribution in [2.24, 2.45) is 0 Å². The van der Waals surface area contributed by atoms with Gasteiger partial charge in [-0.25, -0.2) is 0 Å². The smallest absolute Gasteiger partial charge is 0.118 e. The summed E-state index contributed by atoms with van der Waals surface area (Å²) in [5.41, 5.74) is 3.95. The minimum atomic E-state index is -1.05. The van der Waals surface area contributed by atoms with E-state index < -0.39 is 36.6 Å². The van der Waals surface area contributed by atoms with E-state index in [2.05, 4.69) is 0 Å². The Morgan fingerprint density at radius 3 is 1.19 bits per heavy atom. The van der Waals surface area contributed by atoms with Crippen molar-refractivity contribution in [2.75, 3.05) is 14.2 Å². The molecule has 43 heavy (non-hydrogen) atoms. The molecule has 0 heterocycles. The Hall–Kier alpha value is -3.56. The van der Waals surface area contributed by atoms with Crippen molar-refractivity contribution >= 4 is 0 Å². The van der Waals surface area contributed by atoms with E-state index >= 15 is 0 Å². The molecule has 0 radical (unpaired) electrons. The normalized spacial score (nSPS) is 23.6. The van der Waals surface area contributed by atoms with E-state index in [9.17, 15) is 5.11 Å². The highest BCUT2D eigenvalue weighted by Crippen LogP contribution is 2.34. The van der Waals surface area contributed by atoms with Crippen molar-refractivity contribution in [1.29, 1.82) is 0 Å². The Bertz CT molecular complexity index is 1330. The summed E-state index contributed by atoms with van der Waals surface area (Å²) < 4.78 is 37.3. The lowest BCUT2D eigenvalue weighted by Gasteiger charge is -2.48. The van der Waals surface area contributed by atoms with Crippen molar-refractivity contribution in [1.82, 2.24) is 0 Å². The van der Waals surface area contributed by atoms with Crippen LogP contribution < -0.4 is 4.74 Å². The van der Waals surface area contributed by atoms with Gasteiger partial charge in [-0.1, -0.05) is 103 Å². The summed E-state index contributed by atoms with van der Waals surface area (Å²) >= 11 is 0. The largest absolute Gasteiger partial charge is 0.497 e. The third kappa shape index (κ3) is 8.30. The molecule has 1 saturated carbocycles. The van der Waals surface area contributed by atoms with Crippen LogP contribution in [0.15, 0.2) is 115 Å². The van der Waals surface area contributed by atoms with E-state index in [1.807, 2.05) is 115 Å². The Morgan fingerprint density at radius 2 is 0.791 bits per heavy atom. The first-order valence-electron chi connectivity index (χ1n) is 14.6. The van der Waals surface area contributed by atoms with Crippen LogP contribution in [0.2, 0.25) is 0 Å². The molecule has 0 aromatic heterocycles. The lowest BCUT2D eigenvalue weighted by molar-refractivity contribution is -0.277. The summed E-state index contributed by atoms with van der Waals surface area (Å²) in [6.07, 6.45) is -4.42. The Kier molecular flexibility index (Phi) is 11.3. The Balaban J connectivity index is 1.43. The zero-order valence-electron chi connectivity index (χ0n) is 24.7. The van der Waals surface area contributed by atoms with Crippen LogP contribution in [-0.2, 0) is 50.1 Å². The molecule has 0 aliphatic heterocycles. The van der Waals surface area contributed by atoms with E-state index in [-0.39, 0.29) is 6.61 Å². The molecular formula is C36H40O7. The molecule has 1 aliphatic rings. The lowest BCUT2D eigenvalue weighted by Crippen LogP contribution is -2.66. The van der Waals surface area contributed by atoms with Crippen molar-refractivity contribution in [3.63, 3.8) is 0 Å². The first-order valence-corrected chi connectivity index (χ1v) is 14.6. The molecule has 1 aliphatic carbocycles. The number of rotatable bonds is 14. The number of hydrogen-bond donors (Lipinski definition) is 1. The summed E-state index contributed by atoms with van der Waals surface area (Å²) in [5.74, 6) is 0.762. The second-order valence-corrected chi connectivity index (χ2v) is 10.6. The Labute approximate surface area is 253 Å². The second-order valence-electron chi connectivity index (χ2n) is 10.6. The highest BCUT2D eigenvalue weighted by molar-refractivity contribution is 5.27. The fourth-order valence-electron chi connectivity index (χ4n) is 5.39. The number of aliphatic hydroxyl groups is 1. The summed E-state index contributed by atoms with van der Waals surface area (Å²) in [6, 6.07) is 37.4. The fourth-order valence-corrected chi connectivity index (χ4v) is 5.39. The van der Waals surface area contributed by atoms with Crippen molar-refractivity contribution in [3.8, 4) is 5.75 Å². The minimum absolute atomic E-state index is 0.262. The van der Waals surface area contributed by atoms with Crippen molar-refractivity contribution < 1.29 is 33.5 Å². The van der Waals surface area contributed by atoms with Crippen LogP contribution in [0.5, 0.6) is 5.75 Å². The van der Waals surface area contributed by atoms with Crippen LogP contribution in [-0.4, -0.2) is 55.9 Å². The van der Waals surface area contributed by atoms with Gasteiger partial charge in [-0.15, -0.1) is 0 Å². The highest BCUT2D eigenvalue weighted by Gasteiger charge is 2.53. The molecule has 0 unspecified atom stereocenters. The van der Waals surface area contributed by atoms with Crippen LogP contribution in [0.4, 0.5) is 0 Å². The molecule has 1 N–H and O–H groups in total. The second kappa shape index (κ2) is 15.8. The van der Waals surface area contributed by atoms with E-state index in [0.717, 1.165) is 28.0 Å². The zero-order chi connectivity index (χ0) is 29.9. The molecule has 0 spiro atoms. The quantitative estimate of drug-likeness (QED) is 0.203. The predicted octanol–water partition coefficient (Wildman–Crippen LogP) is 5.73. The molecule has 0 amide bonds. The first kappa shape index (κ1) is 30.9. The number of hydrogen-bond acceptors (Lipinski definition) is 7. The molecule has 5 rings (SSSR count). The molecular weight excluding hydrogens is 544 g/mol. The molecule has 0 saturated heterocycles. The third-order valence-electron chi connectivity index (χ3n) is 7.70. The molecule has 4 aromatic rings. The van der Waals surface area contributed by atoms with Crippen LogP contribution in [0.3, 0.4) is 0 Å². The van der Waals surface area contributed by atoms with E-state index in [0.29, 0.717) is 19.8 Å². The number of methoxy groups -OCH3 is 2. The van der Waals surface area contributed by atoms with Crippen LogP contribution in [0.25, 0.3) is 0 Å². The minimum Gasteiger partial charge on any atom is -0.497 e. The predicted molar refractivity (Wildman–Crippen MR) is 163 cm³/mol. The maximum atomic E-state index is 11.9. The monoisotopic (exact) mass is 584 g/mol. The molecule has 4 aromatic carbocycles. The van der Waals surface area contributed by atoms with Gasteiger partial charge in [0.05, 0.1) is 33.5 Å². The van der Waals surface area contributed by atoms with Gasteiger partial charge in [0, 0.05) is 7.11 Å². The van der Waals surface area contributed by atoms with Crippen molar-refractivity contribution in [3.05, 3.63) is 138 Å².